The van der Waals surface area contributed by atoms with Gasteiger partial charge in [-0.05, 0) is 42.8 Å². The van der Waals surface area contributed by atoms with Crippen molar-refractivity contribution < 1.29 is 4.42 Å². The Morgan fingerprint density at radius 3 is 2.83 bits per heavy atom. The molecule has 0 amide bonds. The molecule has 2 heterocycles. The lowest BCUT2D eigenvalue weighted by molar-refractivity contribution is 0.429. The first-order chi connectivity index (χ1) is 8.76. The van der Waals surface area contributed by atoms with E-state index in [1.54, 1.807) is 6.07 Å². The standard InChI is InChI=1S/C13H18ClN3O/c1-3-9-17-10(7-8-16-17)13(15-4-2)11-5-6-12(14)18-11/h5-8,13,15H,3-4,9H2,1-2H3. The molecule has 1 unspecified atom stereocenters. The second kappa shape index (κ2) is 6.07. The minimum atomic E-state index is -0.00319. The summed E-state index contributed by atoms with van der Waals surface area (Å²) in [5.41, 5.74) is 1.10. The first kappa shape index (κ1) is 13.2. The highest BCUT2D eigenvalue weighted by Gasteiger charge is 2.20. The molecule has 0 saturated carbocycles. The maximum Gasteiger partial charge on any atom is 0.193 e. The lowest BCUT2D eigenvalue weighted by atomic mass is 10.1. The van der Waals surface area contributed by atoms with Crippen LogP contribution in [0.2, 0.25) is 5.22 Å². The van der Waals surface area contributed by atoms with Crippen molar-refractivity contribution in [2.45, 2.75) is 32.9 Å². The van der Waals surface area contributed by atoms with Crippen molar-refractivity contribution in [1.29, 1.82) is 0 Å². The molecule has 98 valence electrons. The molecule has 0 radical (unpaired) electrons. The quantitative estimate of drug-likeness (QED) is 0.874. The molecule has 2 aromatic rings. The van der Waals surface area contributed by atoms with Gasteiger partial charge in [-0.3, -0.25) is 4.68 Å². The number of aromatic nitrogens is 2. The Morgan fingerprint density at radius 1 is 1.39 bits per heavy atom. The third-order valence-electron chi connectivity index (χ3n) is 2.77. The molecule has 5 heteroatoms. The van der Waals surface area contributed by atoms with Gasteiger partial charge in [0.25, 0.3) is 0 Å². The molecule has 2 rings (SSSR count). The van der Waals surface area contributed by atoms with Crippen LogP contribution < -0.4 is 5.32 Å². The molecule has 18 heavy (non-hydrogen) atoms. The highest BCUT2D eigenvalue weighted by molar-refractivity contribution is 6.28. The predicted molar refractivity (Wildman–Crippen MR) is 71.8 cm³/mol. The third kappa shape index (κ3) is 2.76. The van der Waals surface area contributed by atoms with E-state index in [0.29, 0.717) is 5.22 Å². The fourth-order valence-electron chi connectivity index (χ4n) is 2.03. The maximum absolute atomic E-state index is 5.85. The fraction of sp³-hybridized carbons (Fsp3) is 0.462. The van der Waals surface area contributed by atoms with Gasteiger partial charge in [-0.15, -0.1) is 0 Å². The number of rotatable bonds is 6. The molecular formula is C13H18ClN3O. The van der Waals surface area contributed by atoms with Crippen LogP contribution in [0.5, 0.6) is 0 Å². The number of nitrogens with zero attached hydrogens (tertiary/aromatic N) is 2. The Hall–Kier alpha value is -1.26. The van der Waals surface area contributed by atoms with Crippen LogP contribution in [-0.4, -0.2) is 16.3 Å². The Balaban J connectivity index is 2.31. The Morgan fingerprint density at radius 2 is 2.22 bits per heavy atom. The molecule has 1 N–H and O–H groups in total. The van der Waals surface area contributed by atoms with E-state index in [1.807, 2.05) is 23.0 Å². The molecular weight excluding hydrogens is 250 g/mol. The molecule has 0 saturated heterocycles. The fourth-order valence-corrected chi connectivity index (χ4v) is 2.18. The summed E-state index contributed by atoms with van der Waals surface area (Å²) in [7, 11) is 0. The van der Waals surface area contributed by atoms with Gasteiger partial charge in [-0.1, -0.05) is 13.8 Å². The van der Waals surface area contributed by atoms with Crippen molar-refractivity contribution >= 4 is 11.6 Å². The molecule has 1 atom stereocenters. The van der Waals surface area contributed by atoms with Gasteiger partial charge in [0, 0.05) is 12.7 Å². The van der Waals surface area contributed by atoms with Crippen LogP contribution >= 0.6 is 11.6 Å². The normalized spacial score (nSPS) is 12.8. The zero-order valence-corrected chi connectivity index (χ0v) is 11.4. The summed E-state index contributed by atoms with van der Waals surface area (Å²) >= 11 is 5.85. The monoisotopic (exact) mass is 267 g/mol. The minimum absolute atomic E-state index is 0.00319. The van der Waals surface area contributed by atoms with E-state index < -0.39 is 0 Å². The SMILES string of the molecule is CCCn1nccc1C(NCC)c1ccc(Cl)o1. The molecule has 0 aliphatic carbocycles. The zero-order chi connectivity index (χ0) is 13.0. The molecule has 0 aromatic carbocycles. The van der Waals surface area contributed by atoms with Crippen LogP contribution in [0.4, 0.5) is 0 Å². The van der Waals surface area contributed by atoms with Crippen LogP contribution in [0.25, 0.3) is 0 Å². The number of aryl methyl sites for hydroxylation is 1. The highest BCUT2D eigenvalue weighted by Crippen LogP contribution is 2.25. The number of nitrogens with one attached hydrogen (secondary N) is 1. The zero-order valence-electron chi connectivity index (χ0n) is 10.7. The van der Waals surface area contributed by atoms with Crippen LogP contribution in [0.3, 0.4) is 0 Å². The Kier molecular flexibility index (Phi) is 4.44. The second-order valence-corrected chi connectivity index (χ2v) is 4.48. The molecule has 2 aromatic heterocycles. The van der Waals surface area contributed by atoms with Crippen molar-refractivity contribution in [3.63, 3.8) is 0 Å². The largest absolute Gasteiger partial charge is 0.448 e. The van der Waals surface area contributed by atoms with E-state index in [4.69, 9.17) is 16.0 Å². The van der Waals surface area contributed by atoms with Gasteiger partial charge >= 0.3 is 0 Å². The van der Waals surface area contributed by atoms with E-state index in [2.05, 4.69) is 24.3 Å². The molecule has 0 aliphatic rings. The highest BCUT2D eigenvalue weighted by atomic mass is 35.5. The first-order valence-electron chi connectivity index (χ1n) is 6.26. The van der Waals surface area contributed by atoms with Gasteiger partial charge in [0.15, 0.2) is 5.22 Å². The number of halogens is 1. The van der Waals surface area contributed by atoms with Gasteiger partial charge in [-0.2, -0.15) is 5.10 Å². The van der Waals surface area contributed by atoms with E-state index in [0.717, 1.165) is 31.0 Å². The first-order valence-corrected chi connectivity index (χ1v) is 6.64. The lowest BCUT2D eigenvalue weighted by Gasteiger charge is -2.17. The molecule has 0 aliphatic heterocycles. The average Bonchev–Trinajstić information content (AvgIpc) is 2.96. The third-order valence-corrected chi connectivity index (χ3v) is 2.97. The van der Waals surface area contributed by atoms with Gasteiger partial charge in [0.1, 0.15) is 11.8 Å². The van der Waals surface area contributed by atoms with E-state index in [9.17, 15) is 0 Å². The average molecular weight is 268 g/mol. The second-order valence-electron chi connectivity index (χ2n) is 4.11. The van der Waals surface area contributed by atoms with E-state index in [-0.39, 0.29) is 6.04 Å². The summed E-state index contributed by atoms with van der Waals surface area (Å²) in [6.07, 6.45) is 2.87. The topological polar surface area (TPSA) is 43.0 Å². The van der Waals surface area contributed by atoms with Crippen LogP contribution in [0.1, 0.15) is 37.8 Å². The van der Waals surface area contributed by atoms with Gasteiger partial charge in [0.05, 0.1) is 5.69 Å². The molecule has 0 spiro atoms. The summed E-state index contributed by atoms with van der Waals surface area (Å²) in [6.45, 7) is 5.95. The predicted octanol–water partition coefficient (Wildman–Crippen LogP) is 3.24. The van der Waals surface area contributed by atoms with Crippen molar-refractivity contribution in [2.24, 2.45) is 0 Å². The van der Waals surface area contributed by atoms with Crippen molar-refractivity contribution in [3.05, 3.63) is 41.1 Å². The van der Waals surface area contributed by atoms with Crippen molar-refractivity contribution in [3.8, 4) is 0 Å². The molecule has 4 nitrogen and oxygen atoms in total. The lowest BCUT2D eigenvalue weighted by Crippen LogP contribution is -2.24. The van der Waals surface area contributed by atoms with E-state index in [1.165, 1.54) is 0 Å². The Labute approximate surface area is 112 Å². The number of hydrogen-bond donors (Lipinski definition) is 1. The molecule has 0 fully saturated rings. The summed E-state index contributed by atoms with van der Waals surface area (Å²) in [4.78, 5) is 0. The number of furan rings is 1. The number of hydrogen-bond acceptors (Lipinski definition) is 3. The van der Waals surface area contributed by atoms with Gasteiger partial charge in [0.2, 0.25) is 0 Å². The smallest absolute Gasteiger partial charge is 0.193 e. The van der Waals surface area contributed by atoms with Gasteiger partial charge < -0.3 is 9.73 Å². The summed E-state index contributed by atoms with van der Waals surface area (Å²) < 4.78 is 7.52. The van der Waals surface area contributed by atoms with Crippen LogP contribution in [0, 0.1) is 0 Å². The van der Waals surface area contributed by atoms with E-state index >= 15 is 0 Å². The summed E-state index contributed by atoms with van der Waals surface area (Å²) in [6, 6.07) is 5.68. The van der Waals surface area contributed by atoms with Crippen molar-refractivity contribution in [1.82, 2.24) is 15.1 Å². The summed E-state index contributed by atoms with van der Waals surface area (Å²) in [5.74, 6) is 0.819. The van der Waals surface area contributed by atoms with Crippen LogP contribution in [0.15, 0.2) is 28.8 Å². The maximum atomic E-state index is 5.85. The molecule has 0 bridgehead atoms. The minimum Gasteiger partial charge on any atom is -0.448 e. The summed E-state index contributed by atoms with van der Waals surface area (Å²) in [5, 5.41) is 8.16. The Bertz CT molecular complexity index is 492. The van der Waals surface area contributed by atoms with Crippen molar-refractivity contribution in [2.75, 3.05) is 6.54 Å². The van der Waals surface area contributed by atoms with Gasteiger partial charge in [-0.25, -0.2) is 0 Å². The van der Waals surface area contributed by atoms with Crippen LogP contribution in [-0.2, 0) is 6.54 Å².